The van der Waals surface area contributed by atoms with Crippen LogP contribution in [0, 0.1) is 12.8 Å². The average Bonchev–Trinajstić information content (AvgIpc) is 2.46. The molecule has 0 spiro atoms. The second-order valence-electron chi connectivity index (χ2n) is 6.10. The highest BCUT2D eigenvalue weighted by Gasteiger charge is 2.14. The number of aryl methyl sites for hydroxylation is 1. The smallest absolute Gasteiger partial charge is 0.0110 e. The lowest BCUT2D eigenvalue weighted by Gasteiger charge is -2.24. The molecule has 2 atom stereocenters. The van der Waals surface area contributed by atoms with E-state index in [2.05, 4.69) is 57.3 Å². The molecule has 0 aliphatic carbocycles. The Labute approximate surface area is 126 Å². The molecule has 1 rings (SSSR count). The number of likely N-dealkylation sites (N-methyl/N-ethyl adjacent to an activating group) is 1. The molecule has 0 saturated heterocycles. The van der Waals surface area contributed by atoms with Crippen LogP contribution in [0.4, 0.5) is 0 Å². The fourth-order valence-corrected chi connectivity index (χ4v) is 2.92. The molecule has 1 aromatic rings. The normalized spacial score (nSPS) is 14.2. The zero-order chi connectivity index (χ0) is 14.8. The number of hydrogen-bond acceptors (Lipinski definition) is 1. The van der Waals surface area contributed by atoms with E-state index in [0.29, 0.717) is 6.04 Å². The molecule has 0 aliphatic rings. The third kappa shape index (κ3) is 6.56. The Balaban J connectivity index is 2.55. The van der Waals surface area contributed by atoms with Gasteiger partial charge in [0.05, 0.1) is 0 Å². The van der Waals surface area contributed by atoms with Gasteiger partial charge in [0.15, 0.2) is 0 Å². The van der Waals surface area contributed by atoms with Gasteiger partial charge in [0.2, 0.25) is 0 Å². The first-order valence-corrected chi connectivity index (χ1v) is 8.48. The van der Waals surface area contributed by atoms with Crippen molar-refractivity contribution >= 4 is 0 Å². The van der Waals surface area contributed by atoms with Gasteiger partial charge in [0.25, 0.3) is 0 Å². The molecule has 0 aromatic heterocycles. The Hall–Kier alpha value is -0.820. The summed E-state index contributed by atoms with van der Waals surface area (Å²) in [5, 5.41) is 3.69. The third-order valence-corrected chi connectivity index (χ3v) is 4.26. The molecule has 0 saturated carbocycles. The summed E-state index contributed by atoms with van der Waals surface area (Å²) in [4.78, 5) is 0. The Morgan fingerprint density at radius 3 is 2.30 bits per heavy atom. The quantitative estimate of drug-likeness (QED) is 0.625. The van der Waals surface area contributed by atoms with Crippen molar-refractivity contribution in [3.8, 4) is 0 Å². The van der Waals surface area contributed by atoms with Crippen LogP contribution in [0.3, 0.4) is 0 Å². The van der Waals surface area contributed by atoms with Gasteiger partial charge in [0.1, 0.15) is 0 Å². The van der Waals surface area contributed by atoms with E-state index in [4.69, 9.17) is 0 Å². The zero-order valence-electron chi connectivity index (χ0n) is 13.9. The van der Waals surface area contributed by atoms with Gasteiger partial charge in [-0.1, -0.05) is 76.3 Å². The van der Waals surface area contributed by atoms with Crippen molar-refractivity contribution in [3.63, 3.8) is 0 Å². The Kier molecular flexibility index (Phi) is 8.60. The monoisotopic (exact) mass is 275 g/mol. The minimum Gasteiger partial charge on any atom is -0.314 e. The Bertz CT molecular complexity index is 341. The number of unbranched alkanes of at least 4 members (excludes halogenated alkanes) is 1. The van der Waals surface area contributed by atoms with Crippen molar-refractivity contribution in [3.05, 3.63) is 35.4 Å². The van der Waals surface area contributed by atoms with Gasteiger partial charge in [-0.3, -0.25) is 0 Å². The topological polar surface area (TPSA) is 12.0 Å². The Morgan fingerprint density at radius 2 is 1.75 bits per heavy atom. The number of nitrogens with one attached hydrogen (secondary N) is 1. The number of rotatable bonds is 10. The van der Waals surface area contributed by atoms with Crippen molar-refractivity contribution in [2.24, 2.45) is 5.92 Å². The summed E-state index contributed by atoms with van der Waals surface area (Å²) in [6.45, 7) is 10.1. The van der Waals surface area contributed by atoms with Crippen LogP contribution < -0.4 is 5.32 Å². The van der Waals surface area contributed by atoms with Crippen LogP contribution in [0.5, 0.6) is 0 Å². The van der Waals surface area contributed by atoms with E-state index in [1.54, 1.807) is 0 Å². The highest BCUT2D eigenvalue weighted by molar-refractivity contribution is 5.22. The second-order valence-corrected chi connectivity index (χ2v) is 6.10. The van der Waals surface area contributed by atoms with Crippen LogP contribution in [-0.2, 0) is 6.42 Å². The second kappa shape index (κ2) is 9.99. The lowest BCUT2D eigenvalue weighted by atomic mass is 9.89. The Morgan fingerprint density at radius 1 is 1.05 bits per heavy atom. The fourth-order valence-electron chi connectivity index (χ4n) is 2.92. The molecule has 1 N–H and O–H groups in total. The van der Waals surface area contributed by atoms with Crippen molar-refractivity contribution in [1.29, 1.82) is 0 Å². The minimum atomic E-state index is 0.629. The summed E-state index contributed by atoms with van der Waals surface area (Å²) in [5.41, 5.74) is 2.81. The van der Waals surface area contributed by atoms with E-state index in [1.807, 2.05) is 0 Å². The standard InChI is InChI=1S/C19H33N/c1-5-8-9-17(6-2)14-19(20-7-3)15-18-12-10-16(4)11-13-18/h10-13,17,19-20H,5-9,14-15H2,1-4H3. The molecule has 0 heterocycles. The fraction of sp³-hybridized carbons (Fsp3) is 0.684. The molecule has 1 nitrogen and oxygen atoms in total. The number of benzene rings is 1. The molecule has 0 fully saturated rings. The van der Waals surface area contributed by atoms with E-state index in [9.17, 15) is 0 Å². The summed E-state index contributed by atoms with van der Waals surface area (Å²) < 4.78 is 0. The molecule has 1 aromatic carbocycles. The van der Waals surface area contributed by atoms with Crippen molar-refractivity contribution in [2.75, 3.05) is 6.54 Å². The molecule has 20 heavy (non-hydrogen) atoms. The van der Waals surface area contributed by atoms with E-state index in [-0.39, 0.29) is 0 Å². The van der Waals surface area contributed by atoms with Crippen LogP contribution in [0.25, 0.3) is 0 Å². The molecule has 0 radical (unpaired) electrons. The van der Waals surface area contributed by atoms with Crippen molar-refractivity contribution in [1.82, 2.24) is 5.32 Å². The summed E-state index contributed by atoms with van der Waals surface area (Å²) in [6.07, 6.45) is 7.88. The van der Waals surface area contributed by atoms with Crippen LogP contribution in [0.15, 0.2) is 24.3 Å². The summed E-state index contributed by atoms with van der Waals surface area (Å²) >= 11 is 0. The summed E-state index contributed by atoms with van der Waals surface area (Å²) in [5.74, 6) is 0.879. The van der Waals surface area contributed by atoms with Crippen LogP contribution in [0.2, 0.25) is 0 Å². The molecule has 0 bridgehead atoms. The maximum atomic E-state index is 3.69. The zero-order valence-corrected chi connectivity index (χ0v) is 13.9. The molecular formula is C19H33N. The maximum Gasteiger partial charge on any atom is 0.0110 e. The van der Waals surface area contributed by atoms with E-state index >= 15 is 0 Å². The van der Waals surface area contributed by atoms with Gasteiger partial charge in [-0.15, -0.1) is 0 Å². The highest BCUT2D eigenvalue weighted by Crippen LogP contribution is 2.20. The van der Waals surface area contributed by atoms with Crippen LogP contribution in [-0.4, -0.2) is 12.6 Å². The summed E-state index contributed by atoms with van der Waals surface area (Å²) in [6, 6.07) is 9.66. The predicted molar refractivity (Wildman–Crippen MR) is 90.3 cm³/mol. The average molecular weight is 275 g/mol. The van der Waals surface area contributed by atoms with E-state index in [0.717, 1.165) is 18.9 Å². The third-order valence-electron chi connectivity index (χ3n) is 4.26. The van der Waals surface area contributed by atoms with Crippen LogP contribution >= 0.6 is 0 Å². The van der Waals surface area contributed by atoms with Crippen molar-refractivity contribution < 1.29 is 0 Å². The van der Waals surface area contributed by atoms with Crippen LogP contribution in [0.1, 0.15) is 64.0 Å². The van der Waals surface area contributed by atoms with Crippen molar-refractivity contribution in [2.45, 2.75) is 72.3 Å². The SMILES string of the molecule is CCCCC(CC)CC(Cc1ccc(C)cc1)NCC. The first-order chi connectivity index (χ1) is 9.69. The lowest BCUT2D eigenvalue weighted by Crippen LogP contribution is -2.33. The molecule has 2 unspecified atom stereocenters. The van der Waals surface area contributed by atoms with E-state index in [1.165, 1.54) is 43.2 Å². The first-order valence-electron chi connectivity index (χ1n) is 8.48. The number of hydrogen-bond donors (Lipinski definition) is 1. The molecular weight excluding hydrogens is 242 g/mol. The highest BCUT2D eigenvalue weighted by atomic mass is 14.9. The molecule has 0 aliphatic heterocycles. The van der Waals surface area contributed by atoms with Gasteiger partial charge in [-0.05, 0) is 37.8 Å². The van der Waals surface area contributed by atoms with Gasteiger partial charge < -0.3 is 5.32 Å². The maximum absolute atomic E-state index is 3.69. The molecule has 1 heteroatoms. The predicted octanol–water partition coefficient (Wildman–Crippen LogP) is 5.12. The van der Waals surface area contributed by atoms with Gasteiger partial charge in [0, 0.05) is 6.04 Å². The molecule has 0 amide bonds. The van der Waals surface area contributed by atoms with E-state index < -0.39 is 0 Å². The lowest BCUT2D eigenvalue weighted by molar-refractivity contribution is 0.350. The minimum absolute atomic E-state index is 0.629. The van der Waals surface area contributed by atoms with Gasteiger partial charge in [-0.2, -0.15) is 0 Å². The largest absolute Gasteiger partial charge is 0.314 e. The van der Waals surface area contributed by atoms with Gasteiger partial charge in [-0.25, -0.2) is 0 Å². The molecule has 114 valence electrons. The summed E-state index contributed by atoms with van der Waals surface area (Å²) in [7, 11) is 0. The first kappa shape index (κ1) is 17.2. The van der Waals surface area contributed by atoms with Gasteiger partial charge >= 0.3 is 0 Å².